The Hall–Kier alpha value is -3.77. The molecule has 10 heteroatoms. The van der Waals surface area contributed by atoms with Crippen molar-refractivity contribution in [2.45, 2.75) is 59.1 Å². The van der Waals surface area contributed by atoms with Crippen molar-refractivity contribution in [3.63, 3.8) is 0 Å². The number of esters is 1. The second-order valence-corrected chi connectivity index (χ2v) is 13.3. The van der Waals surface area contributed by atoms with Crippen molar-refractivity contribution < 1.29 is 23.4 Å². The third-order valence-electron chi connectivity index (χ3n) is 7.69. The van der Waals surface area contributed by atoms with Crippen LogP contribution in [0.15, 0.2) is 81.7 Å². The lowest BCUT2D eigenvalue weighted by Gasteiger charge is -2.26. The molecule has 0 spiro atoms. The molecule has 3 aromatic carbocycles. The zero-order valence-corrected chi connectivity index (χ0v) is 29.4. The van der Waals surface area contributed by atoms with Gasteiger partial charge in [-0.15, -0.1) is 0 Å². The SMILES string of the molecule is CCCC1=C(C(=O)OCC)[C@@H](c2ccc(C(C)C)cc2)n2c(s/c(=C\c3cc(I)c(OCc4ccccc4F)c(OC)c3)c2=O)=N1. The van der Waals surface area contributed by atoms with Gasteiger partial charge in [0.05, 0.1) is 39.1 Å². The van der Waals surface area contributed by atoms with Crippen LogP contribution in [0.4, 0.5) is 4.39 Å². The second-order valence-electron chi connectivity index (χ2n) is 11.1. The van der Waals surface area contributed by atoms with E-state index in [9.17, 15) is 14.0 Å². The molecule has 0 amide bonds. The molecule has 240 valence electrons. The van der Waals surface area contributed by atoms with Gasteiger partial charge in [0.25, 0.3) is 5.56 Å². The van der Waals surface area contributed by atoms with E-state index >= 15 is 0 Å². The van der Waals surface area contributed by atoms with Gasteiger partial charge in [0.15, 0.2) is 16.3 Å². The summed E-state index contributed by atoms with van der Waals surface area (Å²) >= 11 is 3.42. The number of halogens is 2. The van der Waals surface area contributed by atoms with Gasteiger partial charge in [-0.3, -0.25) is 9.36 Å². The monoisotopic (exact) mass is 754 g/mol. The first-order chi connectivity index (χ1) is 22.2. The van der Waals surface area contributed by atoms with Crippen molar-refractivity contribution in [3.8, 4) is 11.5 Å². The molecule has 0 aliphatic carbocycles. The molecule has 0 N–H and O–H groups in total. The lowest BCUT2D eigenvalue weighted by molar-refractivity contribution is -0.139. The number of methoxy groups -OCH3 is 1. The highest BCUT2D eigenvalue weighted by molar-refractivity contribution is 14.1. The van der Waals surface area contributed by atoms with Crippen molar-refractivity contribution in [3.05, 3.63) is 123 Å². The van der Waals surface area contributed by atoms with Gasteiger partial charge < -0.3 is 14.2 Å². The first-order valence-electron chi connectivity index (χ1n) is 15.2. The summed E-state index contributed by atoms with van der Waals surface area (Å²) in [7, 11) is 1.54. The first-order valence-corrected chi connectivity index (χ1v) is 17.1. The molecular weight excluding hydrogens is 718 g/mol. The molecule has 1 atom stereocenters. The number of benzene rings is 3. The van der Waals surface area contributed by atoms with E-state index in [0.717, 1.165) is 26.7 Å². The molecule has 0 radical (unpaired) electrons. The van der Waals surface area contributed by atoms with E-state index in [1.807, 2.05) is 37.3 Å². The highest BCUT2D eigenvalue weighted by Crippen LogP contribution is 2.36. The third kappa shape index (κ3) is 6.97. The average molecular weight is 755 g/mol. The molecule has 0 unspecified atom stereocenters. The topological polar surface area (TPSA) is 79.1 Å². The predicted octanol–water partition coefficient (Wildman–Crippen LogP) is 7.03. The number of aromatic nitrogens is 1. The third-order valence-corrected chi connectivity index (χ3v) is 9.47. The Labute approximate surface area is 285 Å². The predicted molar refractivity (Wildman–Crippen MR) is 187 cm³/mol. The summed E-state index contributed by atoms with van der Waals surface area (Å²) in [5, 5.41) is 0. The van der Waals surface area contributed by atoms with Crippen LogP contribution >= 0.6 is 33.9 Å². The number of thiazole rings is 1. The molecule has 0 fully saturated rings. The number of ether oxygens (including phenoxy) is 3. The van der Waals surface area contributed by atoms with Gasteiger partial charge in [-0.2, -0.15) is 0 Å². The Morgan fingerprint density at radius 2 is 1.87 bits per heavy atom. The number of hydrogen-bond donors (Lipinski definition) is 0. The lowest BCUT2D eigenvalue weighted by atomic mass is 9.92. The summed E-state index contributed by atoms with van der Waals surface area (Å²) in [4.78, 5) is 33.0. The Morgan fingerprint density at radius 3 is 2.52 bits per heavy atom. The minimum absolute atomic E-state index is 0.0397. The standard InChI is InChI=1S/C36H36FIN2O5S/c1-6-10-28-31(35(42)44-7-2)32(24-15-13-23(14-16-24)21(3)4)40-34(41)30(46-36(40)39-28)19-22-17-27(38)33(29(18-22)43-5)45-20-25-11-8-9-12-26(25)37/h8-9,11-19,21,32H,6-7,10,20H2,1-5H3/b30-19-/t32-/m1/s1. The lowest BCUT2D eigenvalue weighted by Crippen LogP contribution is -2.40. The molecule has 46 heavy (non-hydrogen) atoms. The maximum atomic E-state index is 14.2. The van der Waals surface area contributed by atoms with Gasteiger partial charge in [0, 0.05) is 5.56 Å². The number of hydrogen-bond acceptors (Lipinski definition) is 7. The Morgan fingerprint density at radius 1 is 1.13 bits per heavy atom. The van der Waals surface area contributed by atoms with Gasteiger partial charge in [0.1, 0.15) is 12.4 Å². The van der Waals surface area contributed by atoms with Crippen molar-refractivity contribution >= 4 is 46.0 Å². The van der Waals surface area contributed by atoms with Crippen LogP contribution in [0.5, 0.6) is 11.5 Å². The molecule has 0 bridgehead atoms. The number of allylic oxidation sites excluding steroid dienone is 1. The highest BCUT2D eigenvalue weighted by Gasteiger charge is 2.34. The summed E-state index contributed by atoms with van der Waals surface area (Å²) < 4.78 is 34.1. The minimum atomic E-state index is -0.677. The van der Waals surface area contributed by atoms with Gasteiger partial charge in [-0.25, -0.2) is 14.2 Å². The van der Waals surface area contributed by atoms with E-state index in [-0.39, 0.29) is 24.6 Å². The second kappa shape index (κ2) is 14.8. The van der Waals surface area contributed by atoms with Crippen LogP contribution < -0.4 is 24.4 Å². The number of carbonyl (C=O) groups excluding carboxylic acids is 1. The number of carbonyl (C=O) groups is 1. The number of fused-ring (bicyclic) bond motifs is 1. The van der Waals surface area contributed by atoms with Crippen molar-refractivity contribution in [2.24, 2.45) is 4.99 Å². The molecule has 1 aromatic heterocycles. The molecule has 2 heterocycles. The van der Waals surface area contributed by atoms with E-state index in [1.165, 1.54) is 24.5 Å². The zero-order chi connectivity index (χ0) is 33.0. The Bertz CT molecular complexity index is 1960. The van der Waals surface area contributed by atoms with Crippen LogP contribution in [0, 0.1) is 9.39 Å². The van der Waals surface area contributed by atoms with Crippen LogP contribution in [0.2, 0.25) is 0 Å². The summed E-state index contributed by atoms with van der Waals surface area (Å²) in [5.41, 5.74) is 3.91. The van der Waals surface area contributed by atoms with Crippen LogP contribution in [-0.2, 0) is 16.1 Å². The highest BCUT2D eigenvalue weighted by atomic mass is 127. The van der Waals surface area contributed by atoms with Gasteiger partial charge in [-0.1, -0.05) is 81.0 Å². The fraction of sp³-hybridized carbons (Fsp3) is 0.306. The molecule has 0 saturated heterocycles. The molecule has 7 nitrogen and oxygen atoms in total. The molecule has 1 aliphatic rings. The van der Waals surface area contributed by atoms with E-state index < -0.39 is 12.0 Å². The van der Waals surface area contributed by atoms with Crippen molar-refractivity contribution in [2.75, 3.05) is 13.7 Å². The Balaban J connectivity index is 1.61. The van der Waals surface area contributed by atoms with Crippen LogP contribution in [0.1, 0.15) is 74.8 Å². The quantitative estimate of drug-likeness (QED) is 0.121. The summed E-state index contributed by atoms with van der Waals surface area (Å²) in [6.07, 6.45) is 3.14. The first kappa shape index (κ1) is 33.6. The average Bonchev–Trinajstić information content (AvgIpc) is 3.34. The van der Waals surface area contributed by atoms with E-state index in [1.54, 1.807) is 41.8 Å². The van der Waals surface area contributed by atoms with Gasteiger partial charge >= 0.3 is 5.97 Å². The minimum Gasteiger partial charge on any atom is -0.493 e. The summed E-state index contributed by atoms with van der Waals surface area (Å²) in [6, 6.07) is 17.5. The van der Waals surface area contributed by atoms with E-state index in [2.05, 4.69) is 36.4 Å². The van der Waals surface area contributed by atoms with Crippen LogP contribution in [0.25, 0.3) is 6.08 Å². The number of nitrogens with zero attached hydrogens (tertiary/aromatic N) is 2. The molecule has 1 aliphatic heterocycles. The fourth-order valence-electron chi connectivity index (χ4n) is 5.38. The van der Waals surface area contributed by atoms with Gasteiger partial charge in [0.2, 0.25) is 0 Å². The maximum absolute atomic E-state index is 14.2. The zero-order valence-electron chi connectivity index (χ0n) is 26.4. The van der Waals surface area contributed by atoms with E-state index in [0.29, 0.717) is 50.0 Å². The fourth-order valence-corrected chi connectivity index (χ4v) is 7.18. The van der Waals surface area contributed by atoms with Crippen LogP contribution in [-0.4, -0.2) is 24.3 Å². The molecule has 0 saturated carbocycles. The largest absolute Gasteiger partial charge is 0.493 e. The normalized spacial score (nSPS) is 14.7. The van der Waals surface area contributed by atoms with Crippen molar-refractivity contribution in [1.29, 1.82) is 0 Å². The van der Waals surface area contributed by atoms with Gasteiger partial charge in [-0.05, 0) is 82.8 Å². The molecule has 5 rings (SSSR count). The maximum Gasteiger partial charge on any atom is 0.338 e. The van der Waals surface area contributed by atoms with Crippen LogP contribution in [0.3, 0.4) is 0 Å². The molecular formula is C36H36FIN2O5S. The number of rotatable bonds is 11. The smallest absolute Gasteiger partial charge is 0.338 e. The summed E-state index contributed by atoms with van der Waals surface area (Å²) in [5.74, 6) is 0.471. The van der Waals surface area contributed by atoms with E-state index in [4.69, 9.17) is 19.2 Å². The summed E-state index contributed by atoms with van der Waals surface area (Å²) in [6.45, 7) is 8.31. The Kier molecular flexibility index (Phi) is 10.8. The molecule has 4 aromatic rings. The van der Waals surface area contributed by atoms with Crippen molar-refractivity contribution in [1.82, 2.24) is 4.57 Å².